The molecule has 0 saturated carbocycles. The van der Waals surface area contributed by atoms with Gasteiger partial charge in [-0.2, -0.15) is 0 Å². The molecule has 0 aliphatic heterocycles. The van der Waals surface area contributed by atoms with Crippen molar-refractivity contribution in [3.63, 3.8) is 0 Å². The number of halogens is 2. The van der Waals surface area contributed by atoms with Gasteiger partial charge in [-0.1, -0.05) is 23.2 Å². The molecule has 0 aliphatic carbocycles. The van der Waals surface area contributed by atoms with Gasteiger partial charge < -0.3 is 4.74 Å². The molecule has 0 unspecified atom stereocenters. The van der Waals surface area contributed by atoms with Gasteiger partial charge in [0.2, 0.25) is 0 Å². The molecular weight excluding hydrogens is 263 g/mol. The molecule has 0 fully saturated rings. The number of carbonyl (C=O) groups excluding carboxylic acids is 1. The number of hydrogen-bond acceptors (Lipinski definition) is 3. The summed E-state index contributed by atoms with van der Waals surface area (Å²) >= 11 is 11.7. The molecular formula is C11H14Cl2N2O2. The van der Waals surface area contributed by atoms with E-state index in [1.807, 2.05) is 0 Å². The fourth-order valence-corrected chi connectivity index (χ4v) is 1.43. The minimum Gasteiger partial charge on any atom is -0.444 e. The van der Waals surface area contributed by atoms with Crippen LogP contribution >= 0.6 is 23.2 Å². The molecule has 1 heterocycles. The first kappa shape index (κ1) is 14.1. The summed E-state index contributed by atoms with van der Waals surface area (Å²) < 4.78 is 5.11. The molecule has 17 heavy (non-hydrogen) atoms. The minimum atomic E-state index is -0.555. The number of ether oxygens (including phenoxy) is 1. The summed E-state index contributed by atoms with van der Waals surface area (Å²) in [6.07, 6.45) is 0.883. The fraction of sp³-hybridized carbons (Fsp3) is 0.455. The molecule has 0 bridgehead atoms. The van der Waals surface area contributed by atoms with E-state index < -0.39 is 11.7 Å². The number of nitrogens with one attached hydrogen (secondary N) is 1. The molecule has 0 atom stereocenters. The van der Waals surface area contributed by atoms with Crippen molar-refractivity contribution in [3.05, 3.63) is 21.9 Å². The molecule has 0 aromatic carbocycles. The predicted octanol–water partition coefficient (Wildman–Crippen LogP) is 4.04. The molecule has 1 aromatic heterocycles. The maximum absolute atomic E-state index is 11.5. The third-order valence-corrected chi connectivity index (χ3v) is 2.70. The summed E-state index contributed by atoms with van der Waals surface area (Å²) in [6, 6.07) is 0. The molecule has 0 spiro atoms. The molecule has 0 aliphatic rings. The number of amides is 1. The second kappa shape index (κ2) is 5.10. The topological polar surface area (TPSA) is 51.2 Å². The first-order valence-electron chi connectivity index (χ1n) is 5.01. The lowest BCUT2D eigenvalue weighted by Crippen LogP contribution is -2.27. The fourth-order valence-electron chi connectivity index (χ4n) is 1.09. The van der Waals surface area contributed by atoms with Crippen LogP contribution in [0.15, 0.2) is 6.20 Å². The summed E-state index contributed by atoms with van der Waals surface area (Å²) in [5.41, 5.74) is 0.577. The Hall–Kier alpha value is -1.00. The Kier molecular flexibility index (Phi) is 4.22. The van der Waals surface area contributed by atoms with Gasteiger partial charge in [-0.05, 0) is 33.3 Å². The normalized spacial score (nSPS) is 11.2. The molecule has 94 valence electrons. The SMILES string of the molecule is Cc1c(NC(=O)OC(C)(C)C)cnc(Cl)c1Cl. The van der Waals surface area contributed by atoms with Crippen molar-refractivity contribution in [1.29, 1.82) is 0 Å². The lowest BCUT2D eigenvalue weighted by atomic mass is 10.2. The Labute approximate surface area is 110 Å². The van der Waals surface area contributed by atoms with Gasteiger partial charge in [0.05, 0.1) is 16.9 Å². The van der Waals surface area contributed by atoms with E-state index in [4.69, 9.17) is 27.9 Å². The quantitative estimate of drug-likeness (QED) is 0.788. The molecule has 0 saturated heterocycles. The first-order valence-corrected chi connectivity index (χ1v) is 5.77. The van der Waals surface area contributed by atoms with E-state index in [1.165, 1.54) is 6.20 Å². The van der Waals surface area contributed by atoms with Crippen LogP contribution in [0.1, 0.15) is 26.3 Å². The summed E-state index contributed by atoms with van der Waals surface area (Å²) in [6.45, 7) is 7.09. The summed E-state index contributed by atoms with van der Waals surface area (Å²) in [4.78, 5) is 15.4. The van der Waals surface area contributed by atoms with Crippen LogP contribution in [0.5, 0.6) is 0 Å². The zero-order valence-electron chi connectivity index (χ0n) is 10.1. The van der Waals surface area contributed by atoms with Gasteiger partial charge in [0, 0.05) is 0 Å². The lowest BCUT2D eigenvalue weighted by molar-refractivity contribution is 0.0636. The van der Waals surface area contributed by atoms with Crippen molar-refractivity contribution in [2.24, 2.45) is 0 Å². The van der Waals surface area contributed by atoms with Gasteiger partial charge in [-0.25, -0.2) is 9.78 Å². The molecule has 1 aromatic rings. The highest BCUT2D eigenvalue weighted by molar-refractivity contribution is 6.41. The largest absolute Gasteiger partial charge is 0.444 e. The van der Waals surface area contributed by atoms with Crippen LogP contribution < -0.4 is 5.32 Å². The monoisotopic (exact) mass is 276 g/mol. The second-order valence-electron chi connectivity index (χ2n) is 4.53. The average molecular weight is 277 g/mol. The highest BCUT2D eigenvalue weighted by Gasteiger charge is 2.17. The van der Waals surface area contributed by atoms with Gasteiger partial charge in [0.25, 0.3) is 0 Å². The van der Waals surface area contributed by atoms with Gasteiger partial charge in [-0.3, -0.25) is 5.32 Å². The van der Waals surface area contributed by atoms with Gasteiger partial charge in [0.15, 0.2) is 0 Å². The lowest BCUT2D eigenvalue weighted by Gasteiger charge is -2.20. The van der Waals surface area contributed by atoms with Crippen LogP contribution in [0.2, 0.25) is 10.2 Å². The standard InChI is InChI=1S/C11H14Cl2N2O2/c1-6-7(5-14-9(13)8(6)12)15-10(16)17-11(2,3)4/h5H,1-4H3,(H,15,16). The van der Waals surface area contributed by atoms with E-state index in [2.05, 4.69) is 10.3 Å². The van der Waals surface area contributed by atoms with Crippen molar-refractivity contribution in [3.8, 4) is 0 Å². The molecule has 6 heteroatoms. The highest BCUT2D eigenvalue weighted by Crippen LogP contribution is 2.28. The number of carbonyl (C=O) groups is 1. The summed E-state index contributed by atoms with van der Waals surface area (Å²) in [5, 5.41) is 3.10. The Morgan fingerprint density at radius 3 is 2.53 bits per heavy atom. The molecule has 0 radical (unpaired) electrons. The third-order valence-electron chi connectivity index (χ3n) is 1.86. The van der Waals surface area contributed by atoms with Crippen LogP contribution in [-0.2, 0) is 4.74 Å². The third kappa shape index (κ3) is 4.06. The van der Waals surface area contributed by atoms with Gasteiger partial charge in [0.1, 0.15) is 10.8 Å². The average Bonchev–Trinajstić information content (AvgIpc) is 2.16. The Balaban J connectivity index is 2.83. The summed E-state index contributed by atoms with van der Waals surface area (Å²) in [5.74, 6) is 0. The molecule has 1 N–H and O–H groups in total. The highest BCUT2D eigenvalue weighted by atomic mass is 35.5. The van der Waals surface area contributed by atoms with Crippen LogP contribution in [0.4, 0.5) is 10.5 Å². The van der Waals surface area contributed by atoms with E-state index in [0.717, 1.165) is 0 Å². The zero-order valence-corrected chi connectivity index (χ0v) is 11.6. The van der Waals surface area contributed by atoms with Crippen molar-refractivity contribution in [2.45, 2.75) is 33.3 Å². The maximum atomic E-state index is 11.5. The van der Waals surface area contributed by atoms with Crippen LogP contribution in [0, 0.1) is 6.92 Å². The van der Waals surface area contributed by atoms with E-state index in [9.17, 15) is 4.79 Å². The molecule has 4 nitrogen and oxygen atoms in total. The van der Waals surface area contributed by atoms with E-state index in [0.29, 0.717) is 16.3 Å². The Morgan fingerprint density at radius 1 is 1.41 bits per heavy atom. The van der Waals surface area contributed by atoms with Gasteiger partial charge in [-0.15, -0.1) is 0 Å². The van der Waals surface area contributed by atoms with Crippen molar-refractivity contribution in [2.75, 3.05) is 5.32 Å². The maximum Gasteiger partial charge on any atom is 0.412 e. The van der Waals surface area contributed by atoms with Crippen molar-refractivity contribution in [1.82, 2.24) is 4.98 Å². The van der Waals surface area contributed by atoms with Crippen molar-refractivity contribution < 1.29 is 9.53 Å². The van der Waals surface area contributed by atoms with Crippen molar-refractivity contribution >= 4 is 35.0 Å². The van der Waals surface area contributed by atoms with E-state index in [1.54, 1.807) is 27.7 Å². The van der Waals surface area contributed by atoms with Gasteiger partial charge >= 0.3 is 6.09 Å². The molecule has 1 amide bonds. The van der Waals surface area contributed by atoms with Crippen LogP contribution in [0.3, 0.4) is 0 Å². The second-order valence-corrected chi connectivity index (χ2v) is 5.26. The van der Waals surface area contributed by atoms with Crippen LogP contribution in [-0.4, -0.2) is 16.7 Å². The molecule has 1 rings (SSSR count). The number of hydrogen-bond donors (Lipinski definition) is 1. The predicted molar refractivity (Wildman–Crippen MR) is 68.9 cm³/mol. The Morgan fingerprint density at radius 2 is 2.00 bits per heavy atom. The first-order chi connectivity index (χ1) is 7.70. The number of pyridine rings is 1. The number of anilines is 1. The van der Waals surface area contributed by atoms with Crippen LogP contribution in [0.25, 0.3) is 0 Å². The van der Waals surface area contributed by atoms with E-state index >= 15 is 0 Å². The minimum absolute atomic E-state index is 0.207. The Bertz CT molecular complexity index is 442. The number of nitrogens with zero attached hydrogens (tertiary/aromatic N) is 1. The smallest absolute Gasteiger partial charge is 0.412 e. The van der Waals surface area contributed by atoms with E-state index in [-0.39, 0.29) is 5.15 Å². The zero-order chi connectivity index (χ0) is 13.2. The number of rotatable bonds is 1. The summed E-state index contributed by atoms with van der Waals surface area (Å²) in [7, 11) is 0. The number of aromatic nitrogens is 1.